The first-order valence-electron chi connectivity index (χ1n) is 9.06. The summed E-state index contributed by atoms with van der Waals surface area (Å²) in [6, 6.07) is 14.3. The van der Waals surface area contributed by atoms with Crippen LogP contribution in [0.5, 0.6) is 0 Å². The molecule has 0 aliphatic heterocycles. The van der Waals surface area contributed by atoms with E-state index in [1.54, 1.807) is 0 Å². The first kappa shape index (κ1) is 20.7. The van der Waals surface area contributed by atoms with E-state index in [9.17, 15) is 5.11 Å². The van der Waals surface area contributed by atoms with Gasteiger partial charge < -0.3 is 16.2 Å². The second-order valence-electron chi connectivity index (χ2n) is 6.67. The molecule has 0 spiro atoms. The summed E-state index contributed by atoms with van der Waals surface area (Å²) in [6.07, 6.45) is 3.44. The molecule has 0 fully saturated rings. The maximum atomic E-state index is 11.0. The Bertz CT molecular complexity index is 768. The Balaban J connectivity index is 0.00000243. The Morgan fingerprint density at radius 1 is 1.12 bits per heavy atom. The molecule has 140 valence electrons. The van der Waals surface area contributed by atoms with Crippen LogP contribution >= 0.6 is 24.0 Å². The number of rotatable bonds is 5. The molecule has 0 aromatic heterocycles. The van der Waals surface area contributed by atoms with Gasteiger partial charge in [0.15, 0.2) is 5.96 Å². The highest BCUT2D eigenvalue weighted by Gasteiger charge is 2.36. The van der Waals surface area contributed by atoms with Gasteiger partial charge in [-0.3, -0.25) is 0 Å². The van der Waals surface area contributed by atoms with Crippen LogP contribution in [0.4, 0.5) is 5.69 Å². The van der Waals surface area contributed by atoms with Crippen molar-refractivity contribution in [3.05, 3.63) is 64.7 Å². The molecule has 2 aromatic carbocycles. The maximum absolute atomic E-state index is 11.0. The van der Waals surface area contributed by atoms with Crippen molar-refractivity contribution in [2.45, 2.75) is 45.1 Å². The molecule has 4 N–H and O–H groups in total. The number of aliphatic imine (C=N–C) groups is 1. The topological polar surface area (TPSA) is 70.6 Å². The zero-order valence-corrected chi connectivity index (χ0v) is 17.8. The number of aliphatic hydroxyl groups is 1. The third kappa shape index (κ3) is 4.20. The molecule has 4 nitrogen and oxygen atoms in total. The van der Waals surface area contributed by atoms with Gasteiger partial charge in [0.25, 0.3) is 0 Å². The first-order chi connectivity index (χ1) is 12.1. The summed E-state index contributed by atoms with van der Waals surface area (Å²) >= 11 is 0. The predicted molar refractivity (Wildman–Crippen MR) is 119 cm³/mol. The monoisotopic (exact) mass is 465 g/mol. The molecular formula is C21H28IN3O. The average molecular weight is 465 g/mol. The van der Waals surface area contributed by atoms with Crippen LogP contribution in [-0.4, -0.2) is 17.6 Å². The lowest BCUT2D eigenvalue weighted by molar-refractivity contribution is 0.0487. The van der Waals surface area contributed by atoms with Gasteiger partial charge in [0.1, 0.15) is 5.60 Å². The van der Waals surface area contributed by atoms with E-state index in [4.69, 9.17) is 5.73 Å². The molecule has 0 bridgehead atoms. The van der Waals surface area contributed by atoms with E-state index < -0.39 is 5.60 Å². The summed E-state index contributed by atoms with van der Waals surface area (Å²) in [7, 11) is 0. The zero-order valence-electron chi connectivity index (χ0n) is 15.5. The van der Waals surface area contributed by atoms with Crippen LogP contribution in [0.2, 0.25) is 0 Å². The van der Waals surface area contributed by atoms with Crippen LogP contribution in [-0.2, 0) is 24.9 Å². The Morgan fingerprint density at radius 3 is 2.42 bits per heavy atom. The van der Waals surface area contributed by atoms with Crippen molar-refractivity contribution in [2.24, 2.45) is 10.7 Å². The molecule has 3 rings (SSSR count). The molecule has 0 saturated heterocycles. The van der Waals surface area contributed by atoms with Crippen LogP contribution < -0.4 is 11.1 Å². The van der Waals surface area contributed by atoms with Crippen LogP contribution in [0, 0.1) is 0 Å². The van der Waals surface area contributed by atoms with Gasteiger partial charge in [-0.2, -0.15) is 0 Å². The molecule has 0 saturated carbocycles. The average Bonchev–Trinajstić information content (AvgIpc) is 2.98. The molecule has 0 heterocycles. The van der Waals surface area contributed by atoms with Gasteiger partial charge in [0, 0.05) is 5.69 Å². The van der Waals surface area contributed by atoms with Gasteiger partial charge in [-0.15, -0.1) is 24.0 Å². The number of benzene rings is 2. The highest BCUT2D eigenvalue weighted by Crippen LogP contribution is 2.36. The van der Waals surface area contributed by atoms with Gasteiger partial charge in [-0.25, -0.2) is 4.99 Å². The van der Waals surface area contributed by atoms with Gasteiger partial charge in [-0.1, -0.05) is 56.3 Å². The van der Waals surface area contributed by atoms with Crippen molar-refractivity contribution in [2.75, 3.05) is 11.9 Å². The highest BCUT2D eigenvalue weighted by atomic mass is 127. The fourth-order valence-electron chi connectivity index (χ4n) is 3.62. The smallest absolute Gasteiger partial charge is 0.193 e. The van der Waals surface area contributed by atoms with E-state index in [1.165, 1.54) is 16.7 Å². The summed E-state index contributed by atoms with van der Waals surface area (Å²) in [5.74, 6) is 0.355. The van der Waals surface area contributed by atoms with E-state index in [2.05, 4.69) is 48.4 Å². The van der Waals surface area contributed by atoms with Gasteiger partial charge in [0.05, 0.1) is 6.54 Å². The number of fused-ring (bicyclic) bond motifs is 1. The third-order valence-corrected chi connectivity index (χ3v) is 5.09. The van der Waals surface area contributed by atoms with E-state index in [1.807, 2.05) is 18.2 Å². The number of anilines is 1. The quantitative estimate of drug-likeness (QED) is 0.355. The van der Waals surface area contributed by atoms with Crippen molar-refractivity contribution in [3.63, 3.8) is 0 Å². The number of hydrogen-bond acceptors (Lipinski definition) is 2. The van der Waals surface area contributed by atoms with Crippen molar-refractivity contribution in [1.82, 2.24) is 0 Å². The minimum absolute atomic E-state index is 0. The second-order valence-corrected chi connectivity index (χ2v) is 6.67. The van der Waals surface area contributed by atoms with E-state index >= 15 is 0 Å². The standard InChI is InChI=1S/C21H27N3O.HI/c1-3-15-9-7-10-16(4-2)19(15)24-20(22)23-14-21(25)13-12-17-8-5-6-11-18(17)21;/h5-11,25H,3-4,12-14H2,1-2H3,(H3,22,23,24);1H. The molecule has 0 radical (unpaired) electrons. The van der Waals surface area contributed by atoms with Crippen molar-refractivity contribution in [1.29, 1.82) is 0 Å². The zero-order chi connectivity index (χ0) is 17.9. The largest absolute Gasteiger partial charge is 0.383 e. The molecule has 0 amide bonds. The van der Waals surface area contributed by atoms with E-state index in [-0.39, 0.29) is 30.5 Å². The number of nitrogens with zero attached hydrogens (tertiary/aromatic N) is 1. The number of hydrogen-bond donors (Lipinski definition) is 3. The minimum Gasteiger partial charge on any atom is -0.383 e. The Labute approximate surface area is 172 Å². The predicted octanol–water partition coefficient (Wildman–Crippen LogP) is 3.99. The summed E-state index contributed by atoms with van der Waals surface area (Å²) in [5.41, 5.74) is 10.9. The van der Waals surface area contributed by atoms with Gasteiger partial charge >= 0.3 is 0 Å². The molecule has 2 aromatic rings. The molecule has 1 unspecified atom stereocenters. The highest BCUT2D eigenvalue weighted by molar-refractivity contribution is 14.0. The van der Waals surface area contributed by atoms with Crippen LogP contribution in [0.3, 0.4) is 0 Å². The number of aryl methyl sites for hydroxylation is 3. The lowest BCUT2D eigenvalue weighted by atomic mass is 9.96. The summed E-state index contributed by atoms with van der Waals surface area (Å²) in [5, 5.41) is 14.2. The fourth-order valence-corrected chi connectivity index (χ4v) is 3.62. The van der Waals surface area contributed by atoms with Crippen LogP contribution in [0.25, 0.3) is 0 Å². The molecular weight excluding hydrogens is 437 g/mol. The maximum Gasteiger partial charge on any atom is 0.193 e. The lowest BCUT2D eigenvalue weighted by Crippen LogP contribution is -2.30. The Morgan fingerprint density at radius 2 is 1.77 bits per heavy atom. The summed E-state index contributed by atoms with van der Waals surface area (Å²) in [6.45, 7) is 4.54. The first-order valence-corrected chi connectivity index (χ1v) is 9.06. The third-order valence-electron chi connectivity index (χ3n) is 5.09. The Hall–Kier alpha value is -1.60. The number of para-hydroxylation sites is 1. The molecule has 26 heavy (non-hydrogen) atoms. The molecule has 1 aliphatic rings. The number of nitrogens with one attached hydrogen (secondary N) is 1. The molecule has 5 heteroatoms. The number of halogens is 1. The van der Waals surface area contributed by atoms with Crippen LogP contribution in [0.1, 0.15) is 42.5 Å². The minimum atomic E-state index is -0.916. The second kappa shape index (κ2) is 8.86. The SMILES string of the molecule is CCc1cccc(CC)c1NC(N)=NCC1(O)CCc2ccccc21.I. The number of nitrogens with two attached hydrogens (primary N) is 1. The number of guanidine groups is 1. The van der Waals surface area contributed by atoms with Crippen molar-refractivity contribution in [3.8, 4) is 0 Å². The lowest BCUT2D eigenvalue weighted by Gasteiger charge is -2.22. The molecule has 1 aliphatic carbocycles. The molecule has 1 atom stereocenters. The summed E-state index contributed by atoms with van der Waals surface area (Å²) in [4.78, 5) is 4.46. The fraction of sp³-hybridized carbons (Fsp3) is 0.381. The summed E-state index contributed by atoms with van der Waals surface area (Å²) < 4.78 is 0. The van der Waals surface area contributed by atoms with Gasteiger partial charge in [0.2, 0.25) is 0 Å². The van der Waals surface area contributed by atoms with E-state index in [0.29, 0.717) is 12.4 Å². The van der Waals surface area contributed by atoms with E-state index in [0.717, 1.165) is 30.5 Å². The van der Waals surface area contributed by atoms with Gasteiger partial charge in [-0.05, 0) is 47.9 Å². The van der Waals surface area contributed by atoms with Crippen LogP contribution in [0.15, 0.2) is 47.5 Å². The Kier molecular flexibility index (Phi) is 7.06. The normalized spacial score (nSPS) is 19.0. The van der Waals surface area contributed by atoms with Crippen molar-refractivity contribution >= 4 is 35.6 Å². The van der Waals surface area contributed by atoms with Crippen molar-refractivity contribution < 1.29 is 5.11 Å².